The molecule has 2 aromatic carbocycles. The zero-order valence-corrected chi connectivity index (χ0v) is 17.8. The molecule has 2 aliphatic rings. The number of hydrogen-bond acceptors (Lipinski definition) is 4. The molecule has 0 radical (unpaired) electrons. The van der Waals surface area contributed by atoms with Crippen LogP contribution >= 0.6 is 11.8 Å². The van der Waals surface area contributed by atoms with Crippen LogP contribution in [-0.4, -0.2) is 15.3 Å². The van der Waals surface area contributed by atoms with E-state index in [4.69, 9.17) is 4.98 Å². The van der Waals surface area contributed by atoms with Gasteiger partial charge in [0, 0.05) is 11.0 Å². The third-order valence-electron chi connectivity index (χ3n) is 6.50. The summed E-state index contributed by atoms with van der Waals surface area (Å²) in [6, 6.07) is 18.5. The van der Waals surface area contributed by atoms with Crippen LogP contribution in [0.4, 0.5) is 0 Å². The van der Waals surface area contributed by atoms with Crippen LogP contribution in [0.15, 0.2) is 58.5 Å². The van der Waals surface area contributed by atoms with E-state index in [1.54, 1.807) is 4.57 Å². The molecule has 1 spiro atoms. The number of aromatic nitrogens is 2. The fraction of sp³-hybridized carbons (Fsp3) is 0.320. The number of thioether (sulfide) groups is 1. The molecular weight excluding hydrogens is 390 g/mol. The van der Waals surface area contributed by atoms with Crippen molar-refractivity contribution in [2.45, 2.75) is 49.6 Å². The predicted octanol–water partition coefficient (Wildman–Crippen LogP) is 5.19. The van der Waals surface area contributed by atoms with Crippen molar-refractivity contribution < 1.29 is 0 Å². The molecular formula is C25H23N3OS. The van der Waals surface area contributed by atoms with Crippen LogP contribution in [-0.2, 0) is 11.8 Å². The zero-order chi connectivity index (χ0) is 20.7. The first-order valence-electron chi connectivity index (χ1n) is 10.5. The van der Waals surface area contributed by atoms with Gasteiger partial charge in [-0.1, -0.05) is 66.6 Å². The van der Waals surface area contributed by atoms with E-state index in [1.165, 1.54) is 17.3 Å². The highest BCUT2D eigenvalue weighted by Gasteiger charge is 2.44. The van der Waals surface area contributed by atoms with Crippen molar-refractivity contribution >= 4 is 11.8 Å². The lowest BCUT2D eigenvalue weighted by atomic mass is 9.68. The van der Waals surface area contributed by atoms with Gasteiger partial charge in [0.25, 0.3) is 5.56 Å². The predicted molar refractivity (Wildman–Crippen MR) is 120 cm³/mol. The van der Waals surface area contributed by atoms with Gasteiger partial charge in [-0.25, -0.2) is 4.98 Å². The summed E-state index contributed by atoms with van der Waals surface area (Å²) in [5, 5.41) is 9.76. The standard InChI is InChI=1S/C25H23N3OS/c1-17-8-10-19(11-9-17)28-23(29)21-22(27-24(28)30-15-14-26)20-7-3-2-6-18(20)16-25(21)12-4-5-13-25/h2-3,6-11H,4-5,12-13,15-16H2,1H3. The Kier molecular flexibility index (Phi) is 4.75. The average molecular weight is 414 g/mol. The second-order valence-corrected chi connectivity index (χ2v) is 9.30. The first-order chi connectivity index (χ1) is 14.6. The summed E-state index contributed by atoms with van der Waals surface area (Å²) >= 11 is 1.33. The molecule has 150 valence electrons. The minimum atomic E-state index is -0.126. The van der Waals surface area contributed by atoms with E-state index in [1.807, 2.05) is 37.3 Å². The molecule has 1 fully saturated rings. The van der Waals surface area contributed by atoms with E-state index in [2.05, 4.69) is 24.3 Å². The van der Waals surface area contributed by atoms with Crippen molar-refractivity contribution in [3.8, 4) is 23.0 Å². The van der Waals surface area contributed by atoms with Gasteiger partial charge in [0.05, 0.1) is 28.8 Å². The van der Waals surface area contributed by atoms with Crippen LogP contribution in [0.2, 0.25) is 0 Å². The molecule has 0 amide bonds. The third-order valence-corrected chi connectivity index (χ3v) is 7.31. The van der Waals surface area contributed by atoms with Crippen LogP contribution in [0.25, 0.3) is 16.9 Å². The molecule has 0 aliphatic heterocycles. The van der Waals surface area contributed by atoms with E-state index in [0.717, 1.165) is 60.2 Å². The second-order valence-electron chi connectivity index (χ2n) is 8.36. The van der Waals surface area contributed by atoms with Gasteiger partial charge >= 0.3 is 0 Å². The quantitative estimate of drug-likeness (QED) is 0.438. The van der Waals surface area contributed by atoms with Crippen molar-refractivity contribution in [1.29, 1.82) is 5.26 Å². The van der Waals surface area contributed by atoms with Crippen LogP contribution < -0.4 is 5.56 Å². The first kappa shape index (κ1) is 19.1. The molecule has 3 aromatic rings. The molecule has 1 saturated carbocycles. The van der Waals surface area contributed by atoms with Gasteiger partial charge in [-0.2, -0.15) is 5.26 Å². The summed E-state index contributed by atoms with van der Waals surface area (Å²) in [7, 11) is 0. The van der Waals surface area contributed by atoms with Gasteiger partial charge in [0.15, 0.2) is 5.16 Å². The Balaban J connectivity index is 1.83. The van der Waals surface area contributed by atoms with Gasteiger partial charge in [0.1, 0.15) is 0 Å². The molecule has 0 unspecified atom stereocenters. The van der Waals surface area contributed by atoms with Crippen molar-refractivity contribution in [2.75, 3.05) is 5.75 Å². The molecule has 0 N–H and O–H groups in total. The van der Waals surface area contributed by atoms with Crippen LogP contribution in [0.1, 0.15) is 42.4 Å². The van der Waals surface area contributed by atoms with E-state index in [9.17, 15) is 10.1 Å². The number of fused-ring (bicyclic) bond motifs is 4. The minimum absolute atomic E-state index is 0.0284. The fourth-order valence-corrected chi connectivity index (χ4v) is 5.79. The first-order valence-corrected chi connectivity index (χ1v) is 11.4. The topological polar surface area (TPSA) is 58.7 Å². The monoisotopic (exact) mass is 413 g/mol. The van der Waals surface area contributed by atoms with Gasteiger partial charge in [-0.15, -0.1) is 0 Å². The van der Waals surface area contributed by atoms with E-state index in [-0.39, 0.29) is 16.7 Å². The Morgan fingerprint density at radius 3 is 2.60 bits per heavy atom. The lowest BCUT2D eigenvalue weighted by Crippen LogP contribution is -2.40. The fourth-order valence-electron chi connectivity index (χ4n) is 5.13. The lowest BCUT2D eigenvalue weighted by Gasteiger charge is -2.36. The number of aryl methyl sites for hydroxylation is 1. The Morgan fingerprint density at radius 1 is 1.13 bits per heavy atom. The summed E-state index contributed by atoms with van der Waals surface area (Å²) in [6.07, 6.45) is 5.27. The number of hydrogen-bond donors (Lipinski definition) is 0. The Hall–Kier alpha value is -2.84. The van der Waals surface area contributed by atoms with Crippen molar-refractivity contribution in [1.82, 2.24) is 9.55 Å². The molecule has 4 nitrogen and oxygen atoms in total. The Bertz CT molecular complexity index is 1210. The molecule has 2 aliphatic carbocycles. The normalized spacial score (nSPS) is 16.1. The molecule has 5 heteroatoms. The van der Waals surface area contributed by atoms with Crippen LogP contribution in [0, 0.1) is 18.3 Å². The number of rotatable bonds is 3. The minimum Gasteiger partial charge on any atom is -0.268 e. The van der Waals surface area contributed by atoms with Crippen LogP contribution in [0.5, 0.6) is 0 Å². The van der Waals surface area contributed by atoms with Crippen molar-refractivity contribution in [3.63, 3.8) is 0 Å². The maximum atomic E-state index is 14.1. The largest absolute Gasteiger partial charge is 0.268 e. The second kappa shape index (κ2) is 7.45. The molecule has 1 heterocycles. The van der Waals surface area contributed by atoms with Gasteiger partial charge in [-0.05, 0) is 43.9 Å². The maximum Gasteiger partial charge on any atom is 0.263 e. The number of benzene rings is 2. The Labute approximate surface area is 180 Å². The van der Waals surface area contributed by atoms with Crippen molar-refractivity contribution in [3.05, 3.63) is 75.6 Å². The highest BCUT2D eigenvalue weighted by molar-refractivity contribution is 7.99. The number of nitriles is 1. The molecule has 30 heavy (non-hydrogen) atoms. The summed E-state index contributed by atoms with van der Waals surface area (Å²) in [6.45, 7) is 2.04. The smallest absolute Gasteiger partial charge is 0.263 e. The van der Waals surface area contributed by atoms with Gasteiger partial charge < -0.3 is 0 Å². The van der Waals surface area contributed by atoms with Crippen molar-refractivity contribution in [2.24, 2.45) is 0 Å². The number of nitrogens with zero attached hydrogens (tertiary/aromatic N) is 3. The summed E-state index contributed by atoms with van der Waals surface area (Å²) in [5.41, 5.74) is 5.91. The maximum absolute atomic E-state index is 14.1. The van der Waals surface area contributed by atoms with Gasteiger partial charge in [0.2, 0.25) is 0 Å². The highest BCUT2D eigenvalue weighted by Crippen LogP contribution is 2.50. The summed E-state index contributed by atoms with van der Waals surface area (Å²) < 4.78 is 1.73. The molecule has 5 rings (SSSR count). The molecule has 0 bridgehead atoms. The van der Waals surface area contributed by atoms with E-state index in [0.29, 0.717) is 5.16 Å². The summed E-state index contributed by atoms with van der Waals surface area (Å²) in [4.78, 5) is 19.1. The zero-order valence-electron chi connectivity index (χ0n) is 17.0. The average Bonchev–Trinajstić information content (AvgIpc) is 3.21. The molecule has 0 saturated heterocycles. The summed E-state index contributed by atoms with van der Waals surface area (Å²) in [5.74, 6) is 0.254. The van der Waals surface area contributed by atoms with E-state index < -0.39 is 0 Å². The van der Waals surface area contributed by atoms with Crippen LogP contribution in [0.3, 0.4) is 0 Å². The highest BCUT2D eigenvalue weighted by atomic mass is 32.2. The SMILES string of the molecule is Cc1ccc(-n2c(SCC#N)nc3c(c2=O)C2(CCCC2)Cc2ccccc2-3)cc1. The molecule has 0 atom stereocenters. The van der Waals surface area contributed by atoms with E-state index >= 15 is 0 Å². The Morgan fingerprint density at radius 2 is 1.87 bits per heavy atom. The third kappa shape index (κ3) is 2.98. The molecule has 1 aromatic heterocycles. The lowest BCUT2D eigenvalue weighted by molar-refractivity contribution is 0.422. The van der Waals surface area contributed by atoms with Gasteiger partial charge in [-0.3, -0.25) is 9.36 Å².